The van der Waals surface area contributed by atoms with Gasteiger partial charge in [0.05, 0.1) is 33.5 Å². The van der Waals surface area contributed by atoms with E-state index in [-0.39, 0.29) is 18.3 Å². The molecule has 0 aliphatic rings. The van der Waals surface area contributed by atoms with Gasteiger partial charge in [0.1, 0.15) is 17.1 Å². The highest BCUT2D eigenvalue weighted by Crippen LogP contribution is 2.42. The number of benzene rings is 5. The van der Waals surface area contributed by atoms with Crippen LogP contribution in [0, 0.1) is 0 Å². The lowest BCUT2D eigenvalue weighted by Crippen LogP contribution is -2.67. The van der Waals surface area contributed by atoms with Crippen molar-refractivity contribution in [1.29, 1.82) is 0 Å². The fourth-order valence-corrected chi connectivity index (χ4v) is 10.9. The van der Waals surface area contributed by atoms with E-state index >= 15 is 0 Å². The summed E-state index contributed by atoms with van der Waals surface area (Å²) in [6.07, 6.45) is -0.902. The summed E-state index contributed by atoms with van der Waals surface area (Å²) in [5.74, 6) is 1.50. The highest BCUT2D eigenvalue weighted by molar-refractivity contribution is 6.99. The fourth-order valence-electron chi connectivity index (χ4n) is 6.33. The molecule has 1 N–H and O–H groups in total. The number of rotatable bonds is 13. The van der Waals surface area contributed by atoms with Crippen molar-refractivity contribution in [1.82, 2.24) is 0 Å². The van der Waals surface area contributed by atoms with Crippen LogP contribution in [0.2, 0.25) is 5.04 Å². The Hall–Kier alpha value is -4.20. The zero-order valence-corrected chi connectivity index (χ0v) is 28.4. The van der Waals surface area contributed by atoms with E-state index in [1.807, 2.05) is 78.9 Å². The van der Waals surface area contributed by atoms with Crippen LogP contribution in [0.1, 0.15) is 37.5 Å². The second kappa shape index (κ2) is 14.5. The van der Waals surface area contributed by atoms with Crippen LogP contribution in [0.4, 0.5) is 0 Å². The molecule has 6 heteroatoms. The van der Waals surface area contributed by atoms with Crippen LogP contribution >= 0.6 is 0 Å². The molecule has 0 saturated carbocycles. The van der Waals surface area contributed by atoms with Crippen LogP contribution in [0.5, 0.6) is 11.5 Å². The number of aliphatic hydroxyl groups is 1. The molecular weight excluding hydrogens is 589 g/mol. The molecule has 5 rings (SSSR count). The first-order valence-corrected chi connectivity index (χ1v) is 17.6. The summed E-state index contributed by atoms with van der Waals surface area (Å²) in [7, 11) is 0.465. The predicted octanol–water partition coefficient (Wildman–Crippen LogP) is 6.95. The highest BCUT2D eigenvalue weighted by Gasteiger charge is 2.50. The molecule has 0 aliphatic carbocycles. The normalized spacial score (nSPS) is 12.8. The topological polar surface area (TPSA) is 57.2 Å². The summed E-state index contributed by atoms with van der Waals surface area (Å²) in [6.45, 7) is 6.84. The zero-order valence-electron chi connectivity index (χ0n) is 27.4. The van der Waals surface area contributed by atoms with Crippen LogP contribution in [-0.4, -0.2) is 47.0 Å². The molecule has 0 amide bonds. The van der Waals surface area contributed by atoms with Gasteiger partial charge in [-0.15, -0.1) is 0 Å². The largest absolute Gasteiger partial charge is 0.497 e. The lowest BCUT2D eigenvalue weighted by atomic mass is 9.80. The molecule has 0 aromatic heterocycles. The van der Waals surface area contributed by atoms with Crippen molar-refractivity contribution in [3.63, 3.8) is 0 Å². The van der Waals surface area contributed by atoms with E-state index in [1.54, 1.807) is 14.2 Å². The van der Waals surface area contributed by atoms with Crippen LogP contribution in [-0.2, 0) is 14.8 Å². The molecule has 5 aromatic rings. The Morgan fingerprint density at radius 2 is 0.935 bits per heavy atom. The first-order chi connectivity index (χ1) is 22.2. The fraction of sp³-hybridized carbons (Fsp3) is 0.250. The maximum atomic E-state index is 11.7. The number of hydrogen-bond acceptors (Lipinski definition) is 5. The van der Waals surface area contributed by atoms with E-state index < -0.39 is 20.0 Å². The minimum Gasteiger partial charge on any atom is -0.497 e. The van der Waals surface area contributed by atoms with Gasteiger partial charge in [0.15, 0.2) is 0 Å². The molecular formula is C40H44O5Si. The zero-order chi connectivity index (χ0) is 32.6. The molecule has 0 bridgehead atoms. The van der Waals surface area contributed by atoms with Gasteiger partial charge in [0.25, 0.3) is 8.32 Å². The van der Waals surface area contributed by atoms with E-state index in [0.29, 0.717) is 0 Å². The van der Waals surface area contributed by atoms with Crippen LogP contribution < -0.4 is 19.8 Å². The summed E-state index contributed by atoms with van der Waals surface area (Å²) < 4.78 is 25.0. The van der Waals surface area contributed by atoms with Crippen molar-refractivity contribution in [2.24, 2.45) is 0 Å². The molecule has 0 radical (unpaired) electrons. The third kappa shape index (κ3) is 6.67. The highest BCUT2D eigenvalue weighted by atomic mass is 28.4. The quantitative estimate of drug-likeness (QED) is 0.113. The van der Waals surface area contributed by atoms with Crippen LogP contribution in [0.3, 0.4) is 0 Å². The minimum absolute atomic E-state index is 0.0329. The molecule has 0 spiro atoms. The lowest BCUT2D eigenvalue weighted by molar-refractivity contribution is -0.0504. The van der Waals surface area contributed by atoms with Crippen molar-refractivity contribution in [2.45, 2.75) is 37.5 Å². The molecule has 5 nitrogen and oxygen atoms in total. The Bertz CT molecular complexity index is 1550. The summed E-state index contributed by atoms with van der Waals surface area (Å²) in [6, 6.07) is 46.8. The maximum absolute atomic E-state index is 11.7. The maximum Gasteiger partial charge on any atom is 0.261 e. The van der Waals surface area contributed by atoms with E-state index in [1.165, 1.54) is 0 Å². The Morgan fingerprint density at radius 1 is 0.543 bits per heavy atom. The second-order valence-electron chi connectivity index (χ2n) is 12.4. The smallest absolute Gasteiger partial charge is 0.261 e. The minimum atomic E-state index is -2.84. The van der Waals surface area contributed by atoms with Crippen LogP contribution in [0.25, 0.3) is 0 Å². The average Bonchev–Trinajstić information content (AvgIpc) is 3.10. The van der Waals surface area contributed by atoms with Gasteiger partial charge in [-0.3, -0.25) is 0 Å². The lowest BCUT2D eigenvalue weighted by Gasteiger charge is -2.43. The van der Waals surface area contributed by atoms with Crippen molar-refractivity contribution in [3.8, 4) is 11.5 Å². The van der Waals surface area contributed by atoms with Crippen molar-refractivity contribution >= 4 is 18.7 Å². The van der Waals surface area contributed by atoms with Gasteiger partial charge in [-0.1, -0.05) is 136 Å². The van der Waals surface area contributed by atoms with Gasteiger partial charge in [0, 0.05) is 0 Å². The molecule has 46 heavy (non-hydrogen) atoms. The molecule has 0 saturated heterocycles. The second-order valence-corrected chi connectivity index (χ2v) is 16.7. The number of aliphatic hydroxyl groups excluding tert-OH is 1. The van der Waals surface area contributed by atoms with E-state index in [0.717, 1.165) is 38.6 Å². The molecule has 1 unspecified atom stereocenters. The van der Waals surface area contributed by atoms with Gasteiger partial charge in [0.2, 0.25) is 0 Å². The average molecular weight is 633 g/mol. The molecule has 0 heterocycles. The Kier molecular flexibility index (Phi) is 10.4. The third-order valence-electron chi connectivity index (χ3n) is 8.57. The summed E-state index contributed by atoms with van der Waals surface area (Å²) in [5, 5.41) is 13.8. The van der Waals surface area contributed by atoms with E-state index in [2.05, 4.69) is 81.4 Å². The van der Waals surface area contributed by atoms with Gasteiger partial charge < -0.3 is 23.7 Å². The summed E-state index contributed by atoms with van der Waals surface area (Å²) in [5.41, 5.74) is 1.72. The van der Waals surface area contributed by atoms with Gasteiger partial charge in [-0.25, -0.2) is 0 Å². The van der Waals surface area contributed by atoms with Gasteiger partial charge in [-0.2, -0.15) is 0 Å². The Labute approximate surface area is 274 Å². The molecule has 0 aliphatic heterocycles. The Balaban J connectivity index is 1.52. The standard InChI is InChI=1S/C40H44O5Si/c1-39(2,3)46(37-17-11-7-12-18-37,38-19-13-8-14-20-38)45-30-34(41)29-44-40(31-15-9-6-10-16-31,32-21-25-35(42-4)26-22-32)33-23-27-36(43-5)28-24-33/h6-28,34,41H,29-30H2,1-5H3. The number of ether oxygens (including phenoxy) is 3. The third-order valence-corrected chi connectivity index (χ3v) is 13.6. The van der Waals surface area contributed by atoms with Gasteiger partial charge in [-0.05, 0) is 56.4 Å². The summed E-state index contributed by atoms with van der Waals surface area (Å²) >= 11 is 0. The summed E-state index contributed by atoms with van der Waals surface area (Å²) in [4.78, 5) is 0. The number of hydrogen-bond donors (Lipinski definition) is 1. The van der Waals surface area contributed by atoms with E-state index in [4.69, 9.17) is 18.6 Å². The molecule has 0 fully saturated rings. The first-order valence-electron chi connectivity index (χ1n) is 15.7. The first kappa shape index (κ1) is 33.2. The molecule has 1 atom stereocenters. The SMILES string of the molecule is COc1ccc(C(OCC(O)CO[Si](c2ccccc2)(c2ccccc2)C(C)(C)C)(c2ccccc2)c2ccc(OC)cc2)cc1. The van der Waals surface area contributed by atoms with Crippen molar-refractivity contribution < 1.29 is 23.7 Å². The van der Waals surface area contributed by atoms with Crippen molar-refractivity contribution in [3.05, 3.63) is 156 Å². The van der Waals surface area contributed by atoms with Gasteiger partial charge >= 0.3 is 0 Å². The predicted molar refractivity (Wildman–Crippen MR) is 188 cm³/mol. The molecule has 5 aromatic carbocycles. The van der Waals surface area contributed by atoms with E-state index in [9.17, 15) is 5.11 Å². The monoisotopic (exact) mass is 632 g/mol. The number of methoxy groups -OCH3 is 2. The molecule has 238 valence electrons. The van der Waals surface area contributed by atoms with Crippen molar-refractivity contribution in [2.75, 3.05) is 27.4 Å². The van der Waals surface area contributed by atoms with Crippen LogP contribution in [0.15, 0.2) is 140 Å². The Morgan fingerprint density at radius 3 is 1.33 bits per heavy atom.